The summed E-state index contributed by atoms with van der Waals surface area (Å²) >= 11 is 0. The Bertz CT molecular complexity index is 1070. The number of nitrogens with zero attached hydrogens (tertiary/aromatic N) is 2. The summed E-state index contributed by atoms with van der Waals surface area (Å²) in [7, 11) is 0. The van der Waals surface area contributed by atoms with E-state index < -0.39 is 23.7 Å². The van der Waals surface area contributed by atoms with Crippen LogP contribution in [0, 0.1) is 11.6 Å². The number of rotatable bonds is 5. The maximum Gasteiger partial charge on any atom is 0.240 e. The molecule has 0 bridgehead atoms. The SMILES string of the molecule is N[C@@H](Cc1cccnc1)C(=O)N1CC(c2cc(F)ccc2F)=CC1c1ccccc1. The standard InChI is InChI=1S/C24H21F2N3O/c25-19-8-9-21(26)20(13-19)18-12-23(17-6-2-1-3-7-17)29(15-18)24(30)22(27)11-16-5-4-10-28-14-16/h1-10,12-14,22-23H,11,15,27H2/t22-,23?/m0/s1. The molecule has 1 aliphatic rings. The topological polar surface area (TPSA) is 59.2 Å². The molecule has 0 saturated heterocycles. The van der Waals surface area contributed by atoms with E-state index in [0.717, 1.165) is 29.3 Å². The summed E-state index contributed by atoms with van der Waals surface area (Å²) in [6.45, 7) is 0.152. The minimum absolute atomic E-state index is 0.152. The number of halogens is 2. The van der Waals surface area contributed by atoms with Gasteiger partial charge in [-0.25, -0.2) is 8.78 Å². The summed E-state index contributed by atoms with van der Waals surface area (Å²) in [5, 5.41) is 0. The molecule has 2 atom stereocenters. The summed E-state index contributed by atoms with van der Waals surface area (Å²) in [6, 6.07) is 15.3. The van der Waals surface area contributed by atoms with Gasteiger partial charge in [-0.1, -0.05) is 42.5 Å². The number of hydrogen-bond donors (Lipinski definition) is 1. The highest BCUT2D eigenvalue weighted by molar-refractivity contribution is 5.87. The highest BCUT2D eigenvalue weighted by atomic mass is 19.1. The fraction of sp³-hybridized carbons (Fsp3) is 0.167. The van der Waals surface area contributed by atoms with E-state index in [1.54, 1.807) is 23.4 Å². The fourth-order valence-corrected chi connectivity index (χ4v) is 3.75. The number of carbonyl (C=O) groups is 1. The summed E-state index contributed by atoms with van der Waals surface area (Å²) in [5.41, 5.74) is 8.69. The Morgan fingerprint density at radius 1 is 1.13 bits per heavy atom. The minimum atomic E-state index is -0.773. The van der Waals surface area contributed by atoms with E-state index in [1.165, 1.54) is 0 Å². The van der Waals surface area contributed by atoms with E-state index in [-0.39, 0.29) is 18.0 Å². The van der Waals surface area contributed by atoms with Crippen molar-refractivity contribution in [3.05, 3.63) is 107 Å². The van der Waals surface area contributed by atoms with Crippen molar-refractivity contribution in [2.75, 3.05) is 6.54 Å². The Labute approximate surface area is 173 Å². The molecule has 6 heteroatoms. The Balaban J connectivity index is 1.64. The number of benzene rings is 2. The van der Waals surface area contributed by atoms with Crippen LogP contribution >= 0.6 is 0 Å². The van der Waals surface area contributed by atoms with Crippen LogP contribution < -0.4 is 5.73 Å². The predicted octanol–water partition coefficient (Wildman–Crippen LogP) is 3.90. The molecule has 1 amide bonds. The molecule has 0 radical (unpaired) electrons. The molecular weight excluding hydrogens is 384 g/mol. The van der Waals surface area contributed by atoms with Gasteiger partial charge < -0.3 is 10.6 Å². The highest BCUT2D eigenvalue weighted by Crippen LogP contribution is 2.36. The lowest BCUT2D eigenvalue weighted by atomic mass is 10.0. The quantitative estimate of drug-likeness (QED) is 0.701. The molecule has 1 aromatic heterocycles. The summed E-state index contributed by atoms with van der Waals surface area (Å²) in [5.74, 6) is -1.30. The van der Waals surface area contributed by atoms with Crippen LogP contribution in [-0.2, 0) is 11.2 Å². The summed E-state index contributed by atoms with van der Waals surface area (Å²) < 4.78 is 28.1. The van der Waals surface area contributed by atoms with Crippen molar-refractivity contribution < 1.29 is 13.6 Å². The van der Waals surface area contributed by atoms with Crippen LogP contribution in [0.15, 0.2) is 79.1 Å². The van der Waals surface area contributed by atoms with Gasteiger partial charge in [-0.2, -0.15) is 0 Å². The molecule has 4 rings (SSSR count). The van der Waals surface area contributed by atoms with Crippen LogP contribution in [0.1, 0.15) is 22.7 Å². The Morgan fingerprint density at radius 3 is 2.67 bits per heavy atom. The molecule has 152 valence electrons. The molecule has 3 aromatic rings. The molecule has 30 heavy (non-hydrogen) atoms. The maximum atomic E-state index is 14.4. The second kappa shape index (κ2) is 8.55. The Hall–Kier alpha value is -3.38. The highest BCUT2D eigenvalue weighted by Gasteiger charge is 2.34. The van der Waals surface area contributed by atoms with Crippen molar-refractivity contribution in [1.82, 2.24) is 9.88 Å². The first kappa shape index (κ1) is 19.9. The van der Waals surface area contributed by atoms with E-state index in [9.17, 15) is 13.6 Å². The van der Waals surface area contributed by atoms with Gasteiger partial charge in [-0.15, -0.1) is 0 Å². The van der Waals surface area contributed by atoms with Crippen molar-refractivity contribution in [2.24, 2.45) is 5.73 Å². The first-order valence-electron chi connectivity index (χ1n) is 9.69. The van der Waals surface area contributed by atoms with E-state index in [0.29, 0.717) is 12.0 Å². The lowest BCUT2D eigenvalue weighted by Gasteiger charge is -2.28. The van der Waals surface area contributed by atoms with Crippen molar-refractivity contribution >= 4 is 11.5 Å². The third-order valence-electron chi connectivity index (χ3n) is 5.23. The molecule has 1 aliphatic heterocycles. The van der Waals surface area contributed by atoms with Crippen LogP contribution in [-0.4, -0.2) is 28.4 Å². The fourth-order valence-electron chi connectivity index (χ4n) is 3.75. The van der Waals surface area contributed by atoms with Gasteiger partial charge in [0.15, 0.2) is 0 Å². The van der Waals surface area contributed by atoms with Gasteiger partial charge in [-0.3, -0.25) is 9.78 Å². The third-order valence-corrected chi connectivity index (χ3v) is 5.23. The van der Waals surface area contributed by atoms with Crippen LogP contribution in [0.5, 0.6) is 0 Å². The lowest BCUT2D eigenvalue weighted by Crippen LogP contribution is -2.45. The van der Waals surface area contributed by atoms with Gasteiger partial charge in [0.1, 0.15) is 11.6 Å². The predicted molar refractivity (Wildman–Crippen MR) is 111 cm³/mol. The minimum Gasteiger partial charge on any atom is -0.326 e. The maximum absolute atomic E-state index is 14.4. The van der Waals surface area contributed by atoms with Gasteiger partial charge in [0.2, 0.25) is 5.91 Å². The lowest BCUT2D eigenvalue weighted by molar-refractivity contribution is -0.133. The number of pyridine rings is 1. The molecule has 0 saturated carbocycles. The monoisotopic (exact) mass is 405 g/mol. The average molecular weight is 405 g/mol. The molecule has 4 nitrogen and oxygen atoms in total. The second-order valence-corrected chi connectivity index (χ2v) is 7.31. The van der Waals surface area contributed by atoms with Gasteiger partial charge in [0.25, 0.3) is 0 Å². The van der Waals surface area contributed by atoms with Crippen LogP contribution in [0.25, 0.3) is 5.57 Å². The molecule has 2 N–H and O–H groups in total. The summed E-state index contributed by atoms with van der Waals surface area (Å²) in [6.07, 6.45) is 5.49. The smallest absolute Gasteiger partial charge is 0.240 e. The average Bonchev–Trinajstić information content (AvgIpc) is 3.21. The molecule has 0 fully saturated rings. The van der Waals surface area contributed by atoms with Gasteiger partial charge in [0, 0.05) is 24.5 Å². The summed E-state index contributed by atoms with van der Waals surface area (Å²) in [4.78, 5) is 18.9. The molecule has 1 unspecified atom stereocenters. The number of nitrogens with two attached hydrogens (primary N) is 1. The molecule has 0 aliphatic carbocycles. The van der Waals surface area contributed by atoms with Crippen molar-refractivity contribution in [1.29, 1.82) is 0 Å². The molecular formula is C24H21F2N3O. The van der Waals surface area contributed by atoms with Crippen LogP contribution in [0.4, 0.5) is 8.78 Å². The number of aromatic nitrogens is 1. The van der Waals surface area contributed by atoms with Crippen molar-refractivity contribution in [2.45, 2.75) is 18.5 Å². The van der Waals surface area contributed by atoms with Crippen molar-refractivity contribution in [3.63, 3.8) is 0 Å². The zero-order valence-electron chi connectivity index (χ0n) is 16.2. The largest absolute Gasteiger partial charge is 0.326 e. The zero-order chi connectivity index (χ0) is 21.1. The van der Waals surface area contributed by atoms with E-state index in [1.807, 2.05) is 42.5 Å². The number of amides is 1. The van der Waals surface area contributed by atoms with E-state index >= 15 is 0 Å². The van der Waals surface area contributed by atoms with Crippen LogP contribution in [0.3, 0.4) is 0 Å². The van der Waals surface area contributed by atoms with Gasteiger partial charge in [0.05, 0.1) is 12.1 Å². The zero-order valence-corrected chi connectivity index (χ0v) is 16.2. The Morgan fingerprint density at radius 2 is 1.93 bits per heavy atom. The number of carbonyl (C=O) groups excluding carboxylic acids is 1. The molecule has 2 aromatic carbocycles. The van der Waals surface area contributed by atoms with Crippen LogP contribution in [0.2, 0.25) is 0 Å². The second-order valence-electron chi connectivity index (χ2n) is 7.31. The molecule has 2 heterocycles. The first-order valence-corrected chi connectivity index (χ1v) is 9.69. The number of hydrogen-bond acceptors (Lipinski definition) is 3. The molecule has 0 spiro atoms. The van der Waals surface area contributed by atoms with E-state index in [2.05, 4.69) is 4.98 Å². The third kappa shape index (κ3) is 4.14. The van der Waals surface area contributed by atoms with Gasteiger partial charge in [-0.05, 0) is 47.4 Å². The van der Waals surface area contributed by atoms with Crippen molar-refractivity contribution in [3.8, 4) is 0 Å². The normalized spacial score (nSPS) is 17.0. The van der Waals surface area contributed by atoms with Gasteiger partial charge >= 0.3 is 0 Å². The Kier molecular flexibility index (Phi) is 5.68. The first-order chi connectivity index (χ1) is 14.5. The van der Waals surface area contributed by atoms with E-state index in [4.69, 9.17) is 5.73 Å².